The van der Waals surface area contributed by atoms with Crippen LogP contribution in [-0.4, -0.2) is 56.8 Å². The monoisotopic (exact) mass is 631 g/mol. The minimum absolute atomic E-state index is 0.0314. The van der Waals surface area contributed by atoms with E-state index in [2.05, 4.69) is 5.32 Å². The first-order valence-electron chi connectivity index (χ1n) is 13.7. The van der Waals surface area contributed by atoms with E-state index in [0.717, 1.165) is 65.8 Å². The van der Waals surface area contributed by atoms with Crippen LogP contribution >= 0.6 is 22.9 Å². The summed E-state index contributed by atoms with van der Waals surface area (Å²) in [5.74, 6) is -1.63. The SMILES string of the molecule is CN[C@H]1CC[C@H](N(Cc2cccc(-c3ccc(S(=O)(=O)N(C)C)cc3)c2)C(=O)c2sc3c(F)ccc(F)c3c2Cl)CC1. The first-order chi connectivity index (χ1) is 20.0. The van der Waals surface area contributed by atoms with Crippen molar-refractivity contribution in [3.05, 3.63) is 87.8 Å². The van der Waals surface area contributed by atoms with Crippen LogP contribution in [0.1, 0.15) is 40.9 Å². The van der Waals surface area contributed by atoms with Gasteiger partial charge >= 0.3 is 0 Å². The summed E-state index contributed by atoms with van der Waals surface area (Å²) in [5, 5.41) is 3.19. The summed E-state index contributed by atoms with van der Waals surface area (Å²) in [6, 6.07) is 16.8. The topological polar surface area (TPSA) is 69.7 Å². The molecule has 1 N–H and O–H groups in total. The standard InChI is InChI=1S/C31H32ClF2N3O3S2/c1-35-22-9-11-23(12-10-22)37(31(38)30-28(32)27-25(33)15-16-26(34)29(27)41-30)18-19-5-4-6-21(17-19)20-7-13-24(14-8-20)42(39,40)36(2)3/h4-8,13-17,22-23,35H,9-12,18H2,1-3H3/t22-,23-. The van der Waals surface area contributed by atoms with Gasteiger partial charge < -0.3 is 10.2 Å². The summed E-state index contributed by atoms with van der Waals surface area (Å²) < 4.78 is 55.3. The third-order valence-electron chi connectivity index (χ3n) is 7.93. The number of rotatable bonds is 8. The number of hydrogen-bond acceptors (Lipinski definition) is 5. The summed E-state index contributed by atoms with van der Waals surface area (Å²) in [4.78, 5) is 16.2. The molecule has 0 unspecified atom stereocenters. The Kier molecular flexibility index (Phi) is 9.01. The van der Waals surface area contributed by atoms with E-state index in [1.165, 1.54) is 18.4 Å². The molecule has 1 saturated carbocycles. The van der Waals surface area contributed by atoms with Crippen LogP contribution in [0.5, 0.6) is 0 Å². The second kappa shape index (κ2) is 12.4. The molecule has 11 heteroatoms. The van der Waals surface area contributed by atoms with Gasteiger partial charge in [0.15, 0.2) is 0 Å². The summed E-state index contributed by atoms with van der Waals surface area (Å²) in [6.45, 7) is 0.282. The Morgan fingerprint density at radius 1 is 0.976 bits per heavy atom. The fourth-order valence-electron chi connectivity index (χ4n) is 5.48. The van der Waals surface area contributed by atoms with E-state index in [1.807, 2.05) is 31.3 Å². The number of amides is 1. The van der Waals surface area contributed by atoms with Crippen molar-refractivity contribution >= 4 is 49.0 Å². The smallest absolute Gasteiger partial charge is 0.266 e. The van der Waals surface area contributed by atoms with Crippen molar-refractivity contribution in [2.75, 3.05) is 21.1 Å². The van der Waals surface area contributed by atoms with Crippen molar-refractivity contribution in [3.8, 4) is 11.1 Å². The molecule has 5 rings (SSSR count). The fraction of sp³-hybridized carbons (Fsp3) is 0.323. The Hall–Kier alpha value is -2.89. The first-order valence-corrected chi connectivity index (χ1v) is 16.3. The molecule has 0 spiro atoms. The van der Waals surface area contributed by atoms with Gasteiger partial charge in [-0.1, -0.05) is 41.9 Å². The van der Waals surface area contributed by atoms with Crippen LogP contribution in [0.4, 0.5) is 8.78 Å². The van der Waals surface area contributed by atoms with Gasteiger partial charge in [0.25, 0.3) is 5.91 Å². The zero-order valence-corrected chi connectivity index (χ0v) is 25.9. The molecule has 3 aromatic carbocycles. The molecule has 1 aliphatic rings. The lowest BCUT2D eigenvalue weighted by molar-refractivity contribution is 0.0606. The van der Waals surface area contributed by atoms with Gasteiger partial charge in [0, 0.05) is 32.7 Å². The molecule has 0 aliphatic heterocycles. The predicted molar refractivity (Wildman–Crippen MR) is 164 cm³/mol. The average Bonchev–Trinajstić information content (AvgIpc) is 3.36. The number of carbonyl (C=O) groups is 1. The lowest BCUT2D eigenvalue weighted by atomic mass is 9.89. The lowest BCUT2D eigenvalue weighted by Crippen LogP contribution is -2.44. The minimum Gasteiger partial charge on any atom is -0.331 e. The number of nitrogens with zero attached hydrogens (tertiary/aromatic N) is 2. The maximum Gasteiger partial charge on any atom is 0.266 e. The van der Waals surface area contributed by atoms with Crippen LogP contribution in [0.2, 0.25) is 5.02 Å². The van der Waals surface area contributed by atoms with E-state index in [-0.39, 0.29) is 43.4 Å². The van der Waals surface area contributed by atoms with Gasteiger partial charge in [0.1, 0.15) is 16.5 Å². The Morgan fingerprint density at radius 3 is 2.26 bits per heavy atom. The van der Waals surface area contributed by atoms with Crippen LogP contribution in [-0.2, 0) is 16.6 Å². The van der Waals surface area contributed by atoms with Gasteiger partial charge in [-0.2, -0.15) is 0 Å². The Bertz CT molecular complexity index is 1720. The minimum atomic E-state index is -3.55. The fourth-order valence-corrected chi connectivity index (χ4v) is 7.89. The van der Waals surface area contributed by atoms with Crippen molar-refractivity contribution < 1.29 is 22.0 Å². The number of thiophene rings is 1. The van der Waals surface area contributed by atoms with Crippen molar-refractivity contribution in [2.24, 2.45) is 0 Å². The second-order valence-corrected chi connectivity index (χ2v) is 14.3. The zero-order valence-electron chi connectivity index (χ0n) is 23.5. The maximum absolute atomic E-state index is 14.6. The molecule has 0 atom stereocenters. The summed E-state index contributed by atoms with van der Waals surface area (Å²) in [5.41, 5.74) is 2.58. The van der Waals surface area contributed by atoms with Gasteiger partial charge in [0.2, 0.25) is 10.0 Å². The van der Waals surface area contributed by atoms with E-state index in [1.54, 1.807) is 29.2 Å². The number of hydrogen-bond donors (Lipinski definition) is 1. The molecule has 0 saturated heterocycles. The van der Waals surface area contributed by atoms with Crippen molar-refractivity contribution in [2.45, 2.75) is 49.2 Å². The average molecular weight is 632 g/mol. The number of carbonyl (C=O) groups excluding carboxylic acids is 1. The van der Waals surface area contributed by atoms with Crippen LogP contribution < -0.4 is 5.32 Å². The molecule has 4 aromatic rings. The van der Waals surface area contributed by atoms with Crippen LogP contribution in [0.25, 0.3) is 21.2 Å². The van der Waals surface area contributed by atoms with E-state index in [9.17, 15) is 22.0 Å². The second-order valence-electron chi connectivity index (χ2n) is 10.7. The molecule has 6 nitrogen and oxygen atoms in total. The van der Waals surface area contributed by atoms with Crippen LogP contribution in [0.15, 0.2) is 65.6 Å². The Balaban J connectivity index is 1.48. The number of sulfonamides is 1. The van der Waals surface area contributed by atoms with E-state index in [4.69, 9.17) is 11.6 Å². The number of halogens is 3. The van der Waals surface area contributed by atoms with Crippen molar-refractivity contribution in [1.82, 2.24) is 14.5 Å². The third-order valence-corrected chi connectivity index (χ3v) is 11.4. The first kappa shape index (κ1) is 30.6. The molecule has 1 aromatic heterocycles. The molecule has 1 amide bonds. The third kappa shape index (κ3) is 5.96. The lowest BCUT2D eigenvalue weighted by Gasteiger charge is -2.37. The molecular weight excluding hydrogens is 600 g/mol. The normalized spacial score (nSPS) is 17.6. The van der Waals surface area contributed by atoms with Crippen LogP contribution in [0.3, 0.4) is 0 Å². The largest absolute Gasteiger partial charge is 0.331 e. The molecular formula is C31H32ClF2N3O3S2. The Labute approximate surface area is 254 Å². The molecule has 1 fully saturated rings. The van der Waals surface area contributed by atoms with Crippen molar-refractivity contribution in [1.29, 1.82) is 0 Å². The van der Waals surface area contributed by atoms with E-state index < -0.39 is 21.7 Å². The summed E-state index contributed by atoms with van der Waals surface area (Å²) in [6.07, 6.45) is 3.36. The molecule has 0 radical (unpaired) electrons. The van der Waals surface area contributed by atoms with Gasteiger partial charge in [0.05, 0.1) is 20.0 Å². The molecule has 42 heavy (non-hydrogen) atoms. The zero-order chi connectivity index (χ0) is 30.2. The number of fused-ring (bicyclic) bond motifs is 1. The van der Waals surface area contributed by atoms with Gasteiger partial charge in [-0.05, 0) is 79.8 Å². The highest BCUT2D eigenvalue weighted by Crippen LogP contribution is 2.40. The number of nitrogens with one attached hydrogen (secondary N) is 1. The number of benzene rings is 3. The molecule has 222 valence electrons. The van der Waals surface area contributed by atoms with Gasteiger partial charge in [-0.15, -0.1) is 11.3 Å². The van der Waals surface area contributed by atoms with E-state index in [0.29, 0.717) is 6.04 Å². The molecule has 0 bridgehead atoms. The maximum atomic E-state index is 14.6. The highest BCUT2D eigenvalue weighted by atomic mass is 35.5. The van der Waals surface area contributed by atoms with Crippen molar-refractivity contribution in [3.63, 3.8) is 0 Å². The van der Waals surface area contributed by atoms with E-state index >= 15 is 0 Å². The van der Waals surface area contributed by atoms with Crippen LogP contribution in [0, 0.1) is 11.6 Å². The quantitative estimate of drug-likeness (QED) is 0.229. The van der Waals surface area contributed by atoms with Gasteiger partial charge in [-0.3, -0.25) is 4.79 Å². The Morgan fingerprint density at radius 2 is 1.64 bits per heavy atom. The summed E-state index contributed by atoms with van der Waals surface area (Å²) >= 11 is 7.41. The highest BCUT2D eigenvalue weighted by molar-refractivity contribution is 7.89. The predicted octanol–water partition coefficient (Wildman–Crippen LogP) is 6.92. The van der Waals surface area contributed by atoms with Gasteiger partial charge in [-0.25, -0.2) is 21.5 Å². The summed E-state index contributed by atoms with van der Waals surface area (Å²) in [7, 11) is 1.37. The highest BCUT2D eigenvalue weighted by Gasteiger charge is 2.32. The molecule has 1 heterocycles. The molecule has 1 aliphatic carbocycles.